The molecule has 0 saturated carbocycles. The fraction of sp³-hybridized carbons (Fsp3) is 0.429. The van der Waals surface area contributed by atoms with Gasteiger partial charge in [0.1, 0.15) is 0 Å². The van der Waals surface area contributed by atoms with E-state index in [0.29, 0.717) is 6.54 Å². The van der Waals surface area contributed by atoms with Gasteiger partial charge in [-0.25, -0.2) is 4.98 Å². The summed E-state index contributed by atoms with van der Waals surface area (Å²) in [6.07, 6.45) is 2.69. The lowest BCUT2D eigenvalue weighted by molar-refractivity contribution is -0.124. The minimum absolute atomic E-state index is 0.0875. The highest BCUT2D eigenvalue weighted by Gasteiger charge is 2.09. The summed E-state index contributed by atoms with van der Waals surface area (Å²) in [5.74, 6) is 0.214. The second kappa shape index (κ2) is 5.67. The van der Waals surface area contributed by atoms with Gasteiger partial charge in [0.2, 0.25) is 5.91 Å². The van der Waals surface area contributed by atoms with Gasteiger partial charge in [-0.2, -0.15) is 0 Å². The van der Waals surface area contributed by atoms with Gasteiger partial charge in [0.15, 0.2) is 0 Å². The van der Waals surface area contributed by atoms with Crippen molar-refractivity contribution in [3.05, 3.63) is 30.6 Å². The molecule has 1 aromatic carbocycles. The normalized spacial score (nSPS) is 12.6. The second-order valence-corrected chi connectivity index (χ2v) is 4.53. The lowest BCUT2D eigenvalue weighted by Gasteiger charge is -2.10. The number of nitrogens with one attached hydrogen (secondary N) is 1. The van der Waals surface area contributed by atoms with Crippen molar-refractivity contribution in [3.63, 3.8) is 0 Å². The van der Waals surface area contributed by atoms with Crippen LogP contribution in [0.15, 0.2) is 30.6 Å². The molecule has 96 valence electrons. The van der Waals surface area contributed by atoms with Gasteiger partial charge in [-0.05, 0) is 18.6 Å². The fourth-order valence-corrected chi connectivity index (χ4v) is 1.85. The number of carbonyl (C=O) groups is 1. The molecule has 4 heteroatoms. The molecular weight excluding hydrogens is 226 g/mol. The lowest BCUT2D eigenvalue weighted by Crippen LogP contribution is -2.31. The highest BCUT2D eigenvalue weighted by atomic mass is 16.1. The van der Waals surface area contributed by atoms with E-state index >= 15 is 0 Å². The highest BCUT2D eigenvalue weighted by molar-refractivity contribution is 5.78. The molecule has 1 atom stereocenters. The first-order valence-corrected chi connectivity index (χ1v) is 6.40. The summed E-state index contributed by atoms with van der Waals surface area (Å²) < 4.78 is 2.06. The maximum absolute atomic E-state index is 11.6. The molecular formula is C14H19N3O. The Bertz CT molecular complexity index is 533. The van der Waals surface area contributed by atoms with Gasteiger partial charge in [0.05, 0.1) is 17.4 Å². The van der Waals surface area contributed by atoms with E-state index in [1.807, 2.05) is 44.4 Å². The second-order valence-electron chi connectivity index (χ2n) is 4.53. The molecule has 0 radical (unpaired) electrons. The van der Waals surface area contributed by atoms with Crippen LogP contribution in [-0.4, -0.2) is 22.0 Å². The average Bonchev–Trinajstić information content (AvgIpc) is 2.81. The number of hydrogen-bond donors (Lipinski definition) is 1. The third-order valence-corrected chi connectivity index (χ3v) is 3.24. The van der Waals surface area contributed by atoms with E-state index in [1.54, 1.807) is 0 Å². The molecule has 0 aliphatic rings. The molecule has 0 aliphatic carbocycles. The van der Waals surface area contributed by atoms with Crippen molar-refractivity contribution < 1.29 is 4.79 Å². The molecule has 1 N–H and O–H groups in total. The molecule has 0 bridgehead atoms. The van der Waals surface area contributed by atoms with Crippen LogP contribution in [0.5, 0.6) is 0 Å². The van der Waals surface area contributed by atoms with Gasteiger partial charge in [0.25, 0.3) is 0 Å². The molecule has 0 spiro atoms. The van der Waals surface area contributed by atoms with E-state index in [4.69, 9.17) is 0 Å². The van der Waals surface area contributed by atoms with Gasteiger partial charge in [-0.15, -0.1) is 0 Å². The lowest BCUT2D eigenvalue weighted by atomic mass is 10.1. The molecule has 0 aliphatic heterocycles. The Kier molecular flexibility index (Phi) is 3.97. The minimum atomic E-state index is 0.0875. The number of carbonyl (C=O) groups excluding carboxylic acids is 1. The standard InChI is InChI=1S/C14H19N3O/c1-3-11(2)14(18)15-8-9-17-10-16-12-6-4-5-7-13(12)17/h4-7,10-11H,3,8-9H2,1-2H3,(H,15,18). The van der Waals surface area contributed by atoms with Crippen LogP contribution in [0.4, 0.5) is 0 Å². The number of imidazole rings is 1. The minimum Gasteiger partial charge on any atom is -0.354 e. The molecule has 1 aromatic heterocycles. The molecule has 1 amide bonds. The van der Waals surface area contributed by atoms with Crippen molar-refractivity contribution in [3.8, 4) is 0 Å². The van der Waals surface area contributed by atoms with Crippen LogP contribution < -0.4 is 5.32 Å². The summed E-state index contributed by atoms with van der Waals surface area (Å²) in [7, 11) is 0. The predicted octanol–water partition coefficient (Wildman–Crippen LogP) is 2.20. The number of amides is 1. The van der Waals surface area contributed by atoms with Gasteiger partial charge in [0, 0.05) is 19.0 Å². The molecule has 2 rings (SSSR count). The van der Waals surface area contributed by atoms with Crippen LogP contribution in [0.1, 0.15) is 20.3 Å². The van der Waals surface area contributed by atoms with Crippen LogP contribution in [0, 0.1) is 5.92 Å². The van der Waals surface area contributed by atoms with Crippen molar-refractivity contribution in [2.75, 3.05) is 6.54 Å². The van der Waals surface area contributed by atoms with Crippen LogP contribution in [0.25, 0.3) is 11.0 Å². The van der Waals surface area contributed by atoms with E-state index in [1.165, 1.54) is 0 Å². The molecule has 18 heavy (non-hydrogen) atoms. The van der Waals surface area contributed by atoms with Crippen molar-refractivity contribution in [1.29, 1.82) is 0 Å². The number of benzene rings is 1. The first-order valence-electron chi connectivity index (χ1n) is 6.40. The summed E-state index contributed by atoms with van der Waals surface area (Å²) in [5, 5.41) is 2.95. The highest BCUT2D eigenvalue weighted by Crippen LogP contribution is 2.11. The van der Waals surface area contributed by atoms with E-state index in [-0.39, 0.29) is 11.8 Å². The maximum Gasteiger partial charge on any atom is 0.222 e. The Balaban J connectivity index is 1.93. The first kappa shape index (κ1) is 12.6. The zero-order valence-corrected chi connectivity index (χ0v) is 10.9. The number of para-hydroxylation sites is 2. The smallest absolute Gasteiger partial charge is 0.222 e. The quantitative estimate of drug-likeness (QED) is 0.877. The van der Waals surface area contributed by atoms with Crippen LogP contribution >= 0.6 is 0 Å². The molecule has 1 heterocycles. The van der Waals surface area contributed by atoms with Crippen LogP contribution in [-0.2, 0) is 11.3 Å². The Labute approximate surface area is 107 Å². The Morgan fingerprint density at radius 3 is 3.00 bits per heavy atom. The molecule has 1 unspecified atom stereocenters. The van der Waals surface area contributed by atoms with E-state index in [0.717, 1.165) is 24.0 Å². The van der Waals surface area contributed by atoms with Gasteiger partial charge in [-0.3, -0.25) is 4.79 Å². The number of aromatic nitrogens is 2. The third kappa shape index (κ3) is 2.70. The predicted molar refractivity (Wildman–Crippen MR) is 72.2 cm³/mol. The van der Waals surface area contributed by atoms with Crippen molar-refractivity contribution in [1.82, 2.24) is 14.9 Å². The fourth-order valence-electron chi connectivity index (χ4n) is 1.85. The van der Waals surface area contributed by atoms with Gasteiger partial charge in [-0.1, -0.05) is 26.0 Å². The summed E-state index contributed by atoms with van der Waals surface area (Å²) in [6, 6.07) is 8.00. The van der Waals surface area contributed by atoms with Crippen molar-refractivity contribution in [2.45, 2.75) is 26.8 Å². The van der Waals surface area contributed by atoms with E-state index < -0.39 is 0 Å². The Morgan fingerprint density at radius 1 is 1.44 bits per heavy atom. The number of rotatable bonds is 5. The Morgan fingerprint density at radius 2 is 2.22 bits per heavy atom. The average molecular weight is 245 g/mol. The zero-order chi connectivity index (χ0) is 13.0. The van der Waals surface area contributed by atoms with Gasteiger partial charge >= 0.3 is 0 Å². The Hall–Kier alpha value is -1.84. The van der Waals surface area contributed by atoms with Gasteiger partial charge < -0.3 is 9.88 Å². The summed E-state index contributed by atoms with van der Waals surface area (Å²) in [6.45, 7) is 5.36. The largest absolute Gasteiger partial charge is 0.354 e. The molecule has 0 saturated heterocycles. The van der Waals surface area contributed by atoms with E-state index in [9.17, 15) is 4.79 Å². The first-order chi connectivity index (χ1) is 8.72. The number of hydrogen-bond acceptors (Lipinski definition) is 2. The molecule has 0 fully saturated rings. The number of nitrogens with zero attached hydrogens (tertiary/aromatic N) is 2. The zero-order valence-electron chi connectivity index (χ0n) is 10.9. The summed E-state index contributed by atoms with van der Waals surface area (Å²) in [4.78, 5) is 15.9. The molecule has 4 nitrogen and oxygen atoms in total. The van der Waals surface area contributed by atoms with Crippen molar-refractivity contribution in [2.24, 2.45) is 5.92 Å². The SMILES string of the molecule is CCC(C)C(=O)NCCn1cnc2ccccc21. The van der Waals surface area contributed by atoms with E-state index in [2.05, 4.69) is 14.9 Å². The van der Waals surface area contributed by atoms with Crippen molar-refractivity contribution >= 4 is 16.9 Å². The topological polar surface area (TPSA) is 46.9 Å². The molecule has 2 aromatic rings. The monoisotopic (exact) mass is 245 g/mol. The summed E-state index contributed by atoms with van der Waals surface area (Å²) >= 11 is 0. The summed E-state index contributed by atoms with van der Waals surface area (Å²) in [5.41, 5.74) is 2.10. The third-order valence-electron chi connectivity index (χ3n) is 3.24. The maximum atomic E-state index is 11.6. The number of fused-ring (bicyclic) bond motifs is 1. The van der Waals surface area contributed by atoms with Crippen LogP contribution in [0.2, 0.25) is 0 Å². The van der Waals surface area contributed by atoms with Crippen LogP contribution in [0.3, 0.4) is 0 Å².